The zero-order chi connectivity index (χ0) is 17.5. The lowest BCUT2D eigenvalue weighted by molar-refractivity contribution is 0.571. The first-order chi connectivity index (χ1) is 11.3. The van der Waals surface area contributed by atoms with E-state index in [4.69, 9.17) is 11.5 Å². The second kappa shape index (κ2) is 5.53. The van der Waals surface area contributed by atoms with Gasteiger partial charge in [-0.1, -0.05) is 11.8 Å². The number of hydrogen-bond donors (Lipinski definition) is 3. The zero-order valence-corrected chi connectivity index (χ0v) is 13.7. The minimum absolute atomic E-state index is 0.143. The van der Waals surface area contributed by atoms with Crippen LogP contribution in [0.4, 0.5) is 16.0 Å². The number of aromatic amines is 1. The van der Waals surface area contributed by atoms with E-state index >= 15 is 0 Å². The van der Waals surface area contributed by atoms with E-state index in [2.05, 4.69) is 27.0 Å². The van der Waals surface area contributed by atoms with Gasteiger partial charge in [-0.15, -0.1) is 0 Å². The van der Waals surface area contributed by atoms with Crippen molar-refractivity contribution in [1.29, 1.82) is 0 Å². The molecule has 0 amide bonds. The number of nitrogens with zero attached hydrogens (tertiary/aromatic N) is 2. The van der Waals surface area contributed by atoms with Crippen LogP contribution < -0.4 is 11.5 Å². The van der Waals surface area contributed by atoms with Crippen LogP contribution in [0.15, 0.2) is 24.4 Å². The van der Waals surface area contributed by atoms with Gasteiger partial charge >= 0.3 is 0 Å². The molecule has 0 fully saturated rings. The first kappa shape index (κ1) is 15.8. The van der Waals surface area contributed by atoms with Crippen molar-refractivity contribution in [2.24, 2.45) is 5.41 Å². The van der Waals surface area contributed by atoms with Gasteiger partial charge in [-0.05, 0) is 44.5 Å². The molecule has 122 valence electrons. The van der Waals surface area contributed by atoms with E-state index in [9.17, 15) is 4.39 Å². The van der Waals surface area contributed by atoms with Gasteiger partial charge < -0.3 is 11.5 Å². The Balaban J connectivity index is 2.28. The third-order valence-corrected chi connectivity index (χ3v) is 3.50. The maximum atomic E-state index is 14.3. The summed E-state index contributed by atoms with van der Waals surface area (Å²) in [6.45, 7) is 6.06. The van der Waals surface area contributed by atoms with Crippen LogP contribution in [0.2, 0.25) is 0 Å². The minimum Gasteiger partial charge on any atom is -0.382 e. The molecule has 0 saturated carbocycles. The van der Waals surface area contributed by atoms with Crippen molar-refractivity contribution in [3.05, 3.63) is 35.8 Å². The standard InChI is InChI=1S/C18H18FN5/c1-18(2,3)6-4-10-8-11(9-13-15(10)23-24-16(13)20)12-5-7-22-17(21)14(12)19/h5,7-9H,1-3H3,(H2,21,22)(H3,20,23,24). The van der Waals surface area contributed by atoms with Crippen molar-refractivity contribution in [2.75, 3.05) is 11.5 Å². The molecule has 5 nitrogen and oxygen atoms in total. The first-order valence-electron chi connectivity index (χ1n) is 7.47. The third-order valence-electron chi connectivity index (χ3n) is 3.50. The number of halogens is 1. The molecule has 0 aliphatic heterocycles. The molecule has 3 aromatic rings. The average molecular weight is 323 g/mol. The lowest BCUT2D eigenvalue weighted by atomic mass is 9.96. The first-order valence-corrected chi connectivity index (χ1v) is 7.47. The Morgan fingerprint density at radius 1 is 1.17 bits per heavy atom. The van der Waals surface area contributed by atoms with Crippen molar-refractivity contribution in [1.82, 2.24) is 15.2 Å². The van der Waals surface area contributed by atoms with Crippen molar-refractivity contribution in [3.63, 3.8) is 0 Å². The summed E-state index contributed by atoms with van der Waals surface area (Å²) in [5.41, 5.74) is 13.7. The lowest BCUT2D eigenvalue weighted by Crippen LogP contribution is -2.00. The van der Waals surface area contributed by atoms with E-state index in [0.29, 0.717) is 27.9 Å². The fraction of sp³-hybridized carbons (Fsp3) is 0.222. The Morgan fingerprint density at radius 2 is 1.92 bits per heavy atom. The molecule has 0 bridgehead atoms. The molecule has 6 heteroatoms. The van der Waals surface area contributed by atoms with E-state index in [1.54, 1.807) is 18.2 Å². The summed E-state index contributed by atoms with van der Waals surface area (Å²) < 4.78 is 14.3. The molecular weight excluding hydrogens is 305 g/mol. The summed E-state index contributed by atoms with van der Waals surface area (Å²) in [5.74, 6) is 5.95. The van der Waals surface area contributed by atoms with Gasteiger partial charge in [0.25, 0.3) is 0 Å². The van der Waals surface area contributed by atoms with Gasteiger partial charge in [0, 0.05) is 22.6 Å². The number of fused-ring (bicyclic) bond motifs is 1. The molecule has 5 N–H and O–H groups in total. The Bertz CT molecular complexity index is 986. The van der Waals surface area contributed by atoms with Crippen LogP contribution in [-0.2, 0) is 0 Å². The summed E-state index contributed by atoms with van der Waals surface area (Å²) in [4.78, 5) is 3.76. The molecular formula is C18H18FN5. The van der Waals surface area contributed by atoms with Crippen LogP contribution in [-0.4, -0.2) is 15.2 Å². The van der Waals surface area contributed by atoms with E-state index < -0.39 is 5.82 Å². The molecule has 1 aromatic carbocycles. The van der Waals surface area contributed by atoms with Gasteiger partial charge in [-0.3, -0.25) is 5.10 Å². The summed E-state index contributed by atoms with van der Waals surface area (Å²) in [5, 5.41) is 7.61. The highest BCUT2D eigenvalue weighted by molar-refractivity contribution is 5.96. The van der Waals surface area contributed by atoms with Crippen molar-refractivity contribution >= 4 is 22.5 Å². The molecule has 0 radical (unpaired) electrons. The monoisotopic (exact) mass is 323 g/mol. The van der Waals surface area contributed by atoms with Gasteiger partial charge in [-0.25, -0.2) is 9.37 Å². The van der Waals surface area contributed by atoms with Crippen LogP contribution in [0.25, 0.3) is 22.0 Å². The number of benzene rings is 1. The molecule has 0 spiro atoms. The highest BCUT2D eigenvalue weighted by atomic mass is 19.1. The molecule has 24 heavy (non-hydrogen) atoms. The summed E-state index contributed by atoms with van der Waals surface area (Å²) >= 11 is 0. The highest BCUT2D eigenvalue weighted by Crippen LogP contribution is 2.31. The number of rotatable bonds is 1. The smallest absolute Gasteiger partial charge is 0.173 e. The number of pyridine rings is 1. The Labute approximate surface area is 139 Å². The molecule has 0 atom stereocenters. The van der Waals surface area contributed by atoms with Gasteiger partial charge in [0.05, 0.1) is 11.1 Å². The molecule has 0 aliphatic rings. The Kier molecular flexibility index (Phi) is 3.64. The predicted octanol–water partition coefficient (Wildman–Crippen LogP) is 3.33. The topological polar surface area (TPSA) is 93.6 Å². The van der Waals surface area contributed by atoms with E-state index in [1.807, 2.05) is 20.8 Å². The molecule has 0 aliphatic carbocycles. The number of anilines is 2. The number of nitrogens with two attached hydrogens (primary N) is 2. The molecule has 2 aromatic heterocycles. The molecule has 2 heterocycles. The summed E-state index contributed by atoms with van der Waals surface area (Å²) in [6.07, 6.45) is 1.47. The molecule has 0 unspecified atom stereocenters. The third kappa shape index (κ3) is 2.88. The molecule has 3 rings (SSSR count). The molecule has 0 saturated heterocycles. The van der Waals surface area contributed by atoms with Gasteiger partial charge in [-0.2, -0.15) is 5.10 Å². The fourth-order valence-corrected chi connectivity index (χ4v) is 2.33. The summed E-state index contributed by atoms with van der Waals surface area (Å²) in [6, 6.07) is 5.15. The lowest BCUT2D eigenvalue weighted by Gasteiger charge is -2.09. The number of H-pyrrole nitrogens is 1. The van der Waals surface area contributed by atoms with Gasteiger partial charge in [0.15, 0.2) is 17.5 Å². The zero-order valence-electron chi connectivity index (χ0n) is 13.7. The Morgan fingerprint density at radius 3 is 2.62 bits per heavy atom. The fourth-order valence-electron chi connectivity index (χ4n) is 2.33. The number of nitrogens with one attached hydrogen (secondary N) is 1. The van der Waals surface area contributed by atoms with Crippen LogP contribution in [0.1, 0.15) is 26.3 Å². The Hall–Kier alpha value is -3.07. The quantitative estimate of drug-likeness (QED) is 0.599. The van der Waals surface area contributed by atoms with Crippen molar-refractivity contribution in [3.8, 4) is 23.0 Å². The van der Waals surface area contributed by atoms with E-state index in [-0.39, 0.29) is 11.2 Å². The van der Waals surface area contributed by atoms with Gasteiger partial charge in [0.1, 0.15) is 0 Å². The largest absolute Gasteiger partial charge is 0.382 e. The number of nitrogen functional groups attached to an aromatic ring is 2. The van der Waals surface area contributed by atoms with Crippen LogP contribution in [0.3, 0.4) is 0 Å². The summed E-state index contributed by atoms with van der Waals surface area (Å²) in [7, 11) is 0. The van der Waals surface area contributed by atoms with Crippen molar-refractivity contribution in [2.45, 2.75) is 20.8 Å². The van der Waals surface area contributed by atoms with E-state index in [0.717, 1.165) is 5.52 Å². The maximum absolute atomic E-state index is 14.3. The van der Waals surface area contributed by atoms with Crippen LogP contribution in [0, 0.1) is 23.1 Å². The maximum Gasteiger partial charge on any atom is 0.173 e. The normalized spacial score (nSPS) is 11.3. The average Bonchev–Trinajstić information content (AvgIpc) is 2.88. The minimum atomic E-state index is -0.561. The van der Waals surface area contributed by atoms with Crippen molar-refractivity contribution < 1.29 is 4.39 Å². The SMILES string of the molecule is CC(C)(C)C#Cc1cc(-c2ccnc(N)c2F)cc2c(N)n[nH]c12. The van der Waals surface area contributed by atoms with E-state index in [1.165, 1.54) is 6.20 Å². The van der Waals surface area contributed by atoms with Gasteiger partial charge in [0.2, 0.25) is 0 Å². The van der Waals surface area contributed by atoms with Crippen LogP contribution >= 0.6 is 0 Å². The number of hydrogen-bond acceptors (Lipinski definition) is 4. The second-order valence-corrected chi connectivity index (χ2v) is 6.61. The number of aromatic nitrogens is 3. The highest BCUT2D eigenvalue weighted by Gasteiger charge is 2.14. The van der Waals surface area contributed by atoms with Crippen LogP contribution in [0.5, 0.6) is 0 Å². The predicted molar refractivity (Wildman–Crippen MR) is 94.4 cm³/mol. The second-order valence-electron chi connectivity index (χ2n) is 6.61.